The van der Waals surface area contributed by atoms with Gasteiger partial charge in [-0.15, -0.1) is 0 Å². The highest BCUT2D eigenvalue weighted by molar-refractivity contribution is 5.95. The molecule has 4 nitrogen and oxygen atoms in total. The lowest BCUT2D eigenvalue weighted by Gasteiger charge is -1.99. The Bertz CT molecular complexity index is 334. The third-order valence-electron chi connectivity index (χ3n) is 1.50. The zero-order valence-electron chi connectivity index (χ0n) is 6.28. The number of primary amides is 1. The van der Waals surface area contributed by atoms with Crippen LogP contribution in [0.3, 0.4) is 0 Å². The van der Waals surface area contributed by atoms with Crippen molar-refractivity contribution in [2.45, 2.75) is 0 Å². The maximum atomic E-state index is 10.6. The Balaban J connectivity index is 3.18. The van der Waals surface area contributed by atoms with Crippen LogP contribution in [0.5, 0.6) is 0 Å². The smallest absolute Gasteiger partial charge is 0.248 e. The van der Waals surface area contributed by atoms with Gasteiger partial charge < -0.3 is 11.5 Å². The van der Waals surface area contributed by atoms with Crippen molar-refractivity contribution in [3.8, 4) is 0 Å². The topological polar surface area (TPSA) is 86.2 Å². The van der Waals surface area contributed by atoms with E-state index in [1.165, 1.54) is 18.2 Å². The van der Waals surface area contributed by atoms with Gasteiger partial charge in [-0.3, -0.25) is 9.59 Å². The molecule has 4 N–H and O–H groups in total. The highest BCUT2D eigenvalue weighted by atomic mass is 16.1. The molecule has 1 aromatic carbocycles. The van der Waals surface area contributed by atoms with Crippen LogP contribution in [0.4, 0.5) is 5.69 Å². The Kier molecular flexibility index (Phi) is 2.09. The van der Waals surface area contributed by atoms with Crippen molar-refractivity contribution in [1.82, 2.24) is 0 Å². The van der Waals surface area contributed by atoms with Gasteiger partial charge >= 0.3 is 0 Å². The summed E-state index contributed by atoms with van der Waals surface area (Å²) >= 11 is 0. The molecule has 1 aromatic rings. The summed E-state index contributed by atoms with van der Waals surface area (Å²) in [6, 6.07) is 4.30. The van der Waals surface area contributed by atoms with Crippen LogP contribution >= 0.6 is 0 Å². The number of hydrogen-bond donors (Lipinski definition) is 2. The van der Waals surface area contributed by atoms with E-state index in [0.29, 0.717) is 17.4 Å². The maximum Gasteiger partial charge on any atom is 0.248 e. The summed E-state index contributed by atoms with van der Waals surface area (Å²) in [7, 11) is 0. The number of rotatable bonds is 2. The molecule has 0 radical (unpaired) electrons. The second-order valence-corrected chi connectivity index (χ2v) is 2.33. The first-order valence-electron chi connectivity index (χ1n) is 3.29. The molecule has 62 valence electrons. The molecule has 0 aliphatic carbocycles. The predicted molar refractivity (Wildman–Crippen MR) is 44.8 cm³/mol. The number of aldehydes is 1. The van der Waals surface area contributed by atoms with E-state index in [1.807, 2.05) is 0 Å². The van der Waals surface area contributed by atoms with E-state index in [2.05, 4.69) is 0 Å². The van der Waals surface area contributed by atoms with Crippen molar-refractivity contribution in [3.05, 3.63) is 29.3 Å². The lowest BCUT2D eigenvalue weighted by molar-refractivity contribution is 0.0999. The Labute approximate surface area is 69.2 Å². The van der Waals surface area contributed by atoms with Gasteiger partial charge in [-0.25, -0.2) is 0 Å². The number of nitrogen functional groups attached to an aromatic ring is 1. The first-order chi connectivity index (χ1) is 5.65. The van der Waals surface area contributed by atoms with E-state index in [0.717, 1.165) is 0 Å². The molecule has 4 heteroatoms. The molecule has 1 amide bonds. The van der Waals surface area contributed by atoms with Crippen LogP contribution in [-0.4, -0.2) is 12.2 Å². The van der Waals surface area contributed by atoms with E-state index >= 15 is 0 Å². The second-order valence-electron chi connectivity index (χ2n) is 2.33. The van der Waals surface area contributed by atoms with E-state index < -0.39 is 5.91 Å². The average molecular weight is 164 g/mol. The molecule has 0 fully saturated rings. The molecule has 0 aliphatic heterocycles. The van der Waals surface area contributed by atoms with Crippen LogP contribution in [-0.2, 0) is 0 Å². The molecule has 0 bridgehead atoms. The van der Waals surface area contributed by atoms with Gasteiger partial charge in [0.15, 0.2) is 6.29 Å². The van der Waals surface area contributed by atoms with Gasteiger partial charge in [0, 0.05) is 16.8 Å². The summed E-state index contributed by atoms with van der Waals surface area (Å²) in [5, 5.41) is 0. The SMILES string of the molecule is NC(=O)c1ccc(C=O)c(N)c1. The molecule has 1 rings (SSSR count). The molecule has 0 atom stereocenters. The van der Waals surface area contributed by atoms with E-state index in [4.69, 9.17) is 11.5 Å². The third-order valence-corrected chi connectivity index (χ3v) is 1.50. The van der Waals surface area contributed by atoms with Crippen molar-refractivity contribution in [2.24, 2.45) is 5.73 Å². The molecule has 0 heterocycles. The molecule has 12 heavy (non-hydrogen) atoms. The molecular formula is C8H8N2O2. The quantitative estimate of drug-likeness (QED) is 0.483. The largest absolute Gasteiger partial charge is 0.398 e. The van der Waals surface area contributed by atoms with Crippen LogP contribution in [0, 0.1) is 0 Å². The minimum Gasteiger partial charge on any atom is -0.398 e. The summed E-state index contributed by atoms with van der Waals surface area (Å²) in [6.45, 7) is 0. The fourth-order valence-electron chi connectivity index (χ4n) is 0.835. The van der Waals surface area contributed by atoms with Gasteiger partial charge in [0.05, 0.1) is 0 Å². The fraction of sp³-hybridized carbons (Fsp3) is 0. The van der Waals surface area contributed by atoms with Crippen molar-refractivity contribution in [3.63, 3.8) is 0 Å². The van der Waals surface area contributed by atoms with Crippen LogP contribution in [0.25, 0.3) is 0 Å². The summed E-state index contributed by atoms with van der Waals surface area (Å²) in [4.78, 5) is 20.9. The van der Waals surface area contributed by atoms with Crippen LogP contribution in [0.15, 0.2) is 18.2 Å². The minimum absolute atomic E-state index is 0.265. The number of carbonyl (C=O) groups is 2. The number of benzene rings is 1. The van der Waals surface area contributed by atoms with E-state index in [1.54, 1.807) is 0 Å². The van der Waals surface area contributed by atoms with Crippen molar-refractivity contribution in [2.75, 3.05) is 5.73 Å². The zero-order valence-corrected chi connectivity index (χ0v) is 6.28. The van der Waals surface area contributed by atoms with Gasteiger partial charge in [-0.1, -0.05) is 0 Å². The summed E-state index contributed by atoms with van der Waals surface area (Å²) in [5.74, 6) is -0.556. The predicted octanol–water partition coefficient (Wildman–Crippen LogP) is 0.180. The van der Waals surface area contributed by atoms with Gasteiger partial charge in [-0.2, -0.15) is 0 Å². The zero-order chi connectivity index (χ0) is 9.14. The molecule has 0 unspecified atom stereocenters. The van der Waals surface area contributed by atoms with Gasteiger partial charge in [0.2, 0.25) is 5.91 Å². The van der Waals surface area contributed by atoms with Crippen LogP contribution in [0.1, 0.15) is 20.7 Å². The van der Waals surface area contributed by atoms with E-state index in [9.17, 15) is 9.59 Å². The summed E-state index contributed by atoms with van der Waals surface area (Å²) < 4.78 is 0. The Morgan fingerprint density at radius 2 is 2.08 bits per heavy atom. The maximum absolute atomic E-state index is 10.6. The Morgan fingerprint density at radius 1 is 1.42 bits per heavy atom. The van der Waals surface area contributed by atoms with Crippen LogP contribution < -0.4 is 11.5 Å². The fourth-order valence-corrected chi connectivity index (χ4v) is 0.835. The number of carbonyl (C=O) groups excluding carboxylic acids is 2. The highest BCUT2D eigenvalue weighted by Crippen LogP contribution is 2.11. The minimum atomic E-state index is -0.556. The lowest BCUT2D eigenvalue weighted by atomic mass is 10.1. The van der Waals surface area contributed by atoms with Gasteiger partial charge in [0.25, 0.3) is 0 Å². The summed E-state index contributed by atoms with van der Waals surface area (Å²) in [5.41, 5.74) is 11.4. The van der Waals surface area contributed by atoms with Gasteiger partial charge in [-0.05, 0) is 18.2 Å². The number of nitrogens with two attached hydrogens (primary N) is 2. The Hall–Kier alpha value is -1.84. The molecular weight excluding hydrogens is 156 g/mol. The number of amides is 1. The average Bonchev–Trinajstić information content (AvgIpc) is 2.04. The van der Waals surface area contributed by atoms with E-state index in [-0.39, 0.29) is 5.69 Å². The molecule has 0 saturated heterocycles. The molecule has 0 aromatic heterocycles. The lowest BCUT2D eigenvalue weighted by Crippen LogP contribution is -2.11. The van der Waals surface area contributed by atoms with Gasteiger partial charge in [0.1, 0.15) is 0 Å². The second kappa shape index (κ2) is 3.04. The van der Waals surface area contributed by atoms with Crippen molar-refractivity contribution in [1.29, 1.82) is 0 Å². The monoisotopic (exact) mass is 164 g/mol. The van der Waals surface area contributed by atoms with Crippen molar-refractivity contribution >= 4 is 17.9 Å². The molecule has 0 spiro atoms. The molecule has 0 aliphatic rings. The molecule has 0 saturated carbocycles. The highest BCUT2D eigenvalue weighted by Gasteiger charge is 2.02. The van der Waals surface area contributed by atoms with Crippen molar-refractivity contribution < 1.29 is 9.59 Å². The third kappa shape index (κ3) is 1.42. The Morgan fingerprint density at radius 3 is 2.50 bits per heavy atom. The first-order valence-corrected chi connectivity index (χ1v) is 3.29. The summed E-state index contributed by atoms with van der Waals surface area (Å²) in [6.07, 6.45) is 0.625. The normalized spacial score (nSPS) is 9.33. The standard InChI is InChI=1S/C8H8N2O2/c9-7-3-5(8(10)12)1-2-6(7)4-11/h1-4H,9H2,(H2,10,12). The first kappa shape index (κ1) is 8.26. The number of anilines is 1. The van der Waals surface area contributed by atoms with Crippen LogP contribution in [0.2, 0.25) is 0 Å². The number of hydrogen-bond acceptors (Lipinski definition) is 3.